The number of piperidine rings is 1. The summed E-state index contributed by atoms with van der Waals surface area (Å²) in [5.74, 6) is 1.47. The fraction of sp³-hybridized carbons (Fsp3) is 0.571. The van der Waals surface area contributed by atoms with Crippen LogP contribution in [0.1, 0.15) is 25.6 Å². The van der Waals surface area contributed by atoms with Gasteiger partial charge in [-0.15, -0.1) is 0 Å². The van der Waals surface area contributed by atoms with Crippen molar-refractivity contribution in [3.8, 4) is 0 Å². The van der Waals surface area contributed by atoms with Crippen molar-refractivity contribution in [2.75, 3.05) is 19.6 Å². The summed E-state index contributed by atoms with van der Waals surface area (Å²) in [6, 6.07) is 5.24. The van der Waals surface area contributed by atoms with E-state index in [9.17, 15) is 4.79 Å². The normalized spacial score (nSPS) is 21.0. The van der Waals surface area contributed by atoms with Crippen LogP contribution in [0.4, 0.5) is 0 Å². The average molecular weight is 260 g/mol. The van der Waals surface area contributed by atoms with Crippen molar-refractivity contribution in [2.24, 2.45) is 5.92 Å². The zero-order valence-corrected chi connectivity index (χ0v) is 11.3. The van der Waals surface area contributed by atoms with Crippen LogP contribution in [0.25, 0.3) is 5.65 Å². The Balaban J connectivity index is 1.83. The molecule has 1 fully saturated rings. The monoisotopic (exact) mass is 260 g/mol. The molecular weight excluding hydrogens is 240 g/mol. The molecule has 3 heterocycles. The molecule has 3 rings (SSSR count). The molecule has 2 aromatic heterocycles. The van der Waals surface area contributed by atoms with Gasteiger partial charge in [-0.1, -0.05) is 13.0 Å². The predicted octanol–water partition coefficient (Wildman–Crippen LogP) is 1.30. The van der Waals surface area contributed by atoms with Gasteiger partial charge < -0.3 is 4.90 Å². The lowest BCUT2D eigenvalue weighted by Crippen LogP contribution is -2.36. The van der Waals surface area contributed by atoms with E-state index in [0.29, 0.717) is 5.92 Å². The summed E-state index contributed by atoms with van der Waals surface area (Å²) in [6.45, 7) is 5.63. The Bertz CT molecular complexity index is 615. The molecule has 102 valence electrons. The van der Waals surface area contributed by atoms with E-state index in [0.717, 1.165) is 31.0 Å². The maximum Gasteiger partial charge on any atom is 0.257 e. The van der Waals surface area contributed by atoms with Crippen molar-refractivity contribution in [2.45, 2.75) is 26.2 Å². The second-order valence-electron chi connectivity index (χ2n) is 5.33. The molecule has 0 bridgehead atoms. The third kappa shape index (κ3) is 2.42. The minimum Gasteiger partial charge on any atom is -0.303 e. The summed E-state index contributed by atoms with van der Waals surface area (Å²) in [7, 11) is 0. The quantitative estimate of drug-likeness (QED) is 0.905. The highest BCUT2D eigenvalue weighted by Crippen LogP contribution is 2.19. The van der Waals surface area contributed by atoms with Gasteiger partial charge in [-0.3, -0.25) is 9.89 Å². The van der Waals surface area contributed by atoms with Crippen LogP contribution < -0.4 is 5.56 Å². The van der Waals surface area contributed by atoms with E-state index in [4.69, 9.17) is 0 Å². The molecule has 1 aliphatic rings. The van der Waals surface area contributed by atoms with Gasteiger partial charge in [0.2, 0.25) is 0 Å². The van der Waals surface area contributed by atoms with E-state index >= 15 is 0 Å². The lowest BCUT2D eigenvalue weighted by atomic mass is 9.94. The maximum absolute atomic E-state index is 11.9. The number of nitrogens with zero attached hydrogens (tertiary/aromatic N) is 3. The summed E-state index contributed by atoms with van der Waals surface area (Å²) >= 11 is 0. The summed E-state index contributed by atoms with van der Waals surface area (Å²) in [5.41, 5.74) is 0.787. The molecule has 5 nitrogen and oxygen atoms in total. The highest BCUT2D eigenvalue weighted by Gasteiger charge is 2.21. The van der Waals surface area contributed by atoms with E-state index in [1.165, 1.54) is 19.4 Å². The van der Waals surface area contributed by atoms with Gasteiger partial charge in [-0.2, -0.15) is 5.10 Å². The van der Waals surface area contributed by atoms with E-state index in [1.807, 2.05) is 6.07 Å². The number of aromatic nitrogens is 3. The fourth-order valence-corrected chi connectivity index (χ4v) is 3.01. The highest BCUT2D eigenvalue weighted by atomic mass is 16.1. The Morgan fingerprint density at radius 2 is 2.37 bits per heavy atom. The number of pyridine rings is 1. The van der Waals surface area contributed by atoms with Gasteiger partial charge in [0.25, 0.3) is 5.56 Å². The smallest absolute Gasteiger partial charge is 0.257 e. The van der Waals surface area contributed by atoms with Crippen molar-refractivity contribution in [3.63, 3.8) is 0 Å². The first-order chi connectivity index (χ1) is 9.28. The number of rotatable bonds is 3. The van der Waals surface area contributed by atoms with Crippen molar-refractivity contribution < 1.29 is 0 Å². The first-order valence-corrected chi connectivity index (χ1v) is 7.05. The number of nitrogens with one attached hydrogen (secondary N) is 1. The summed E-state index contributed by atoms with van der Waals surface area (Å²) in [4.78, 5) is 14.4. The Morgan fingerprint density at radius 3 is 3.21 bits per heavy atom. The number of H-pyrrole nitrogens is 1. The molecule has 19 heavy (non-hydrogen) atoms. The highest BCUT2D eigenvalue weighted by molar-refractivity contribution is 5.37. The molecule has 1 N–H and O–H groups in total. The van der Waals surface area contributed by atoms with E-state index in [2.05, 4.69) is 22.0 Å². The van der Waals surface area contributed by atoms with Gasteiger partial charge in [0, 0.05) is 19.0 Å². The molecule has 1 unspecified atom stereocenters. The van der Waals surface area contributed by atoms with Crippen molar-refractivity contribution in [1.82, 2.24) is 19.5 Å². The van der Waals surface area contributed by atoms with Gasteiger partial charge in [0.05, 0.1) is 0 Å². The number of hydrogen-bond acceptors (Lipinski definition) is 3. The first kappa shape index (κ1) is 12.4. The molecule has 0 amide bonds. The molecule has 0 spiro atoms. The van der Waals surface area contributed by atoms with Gasteiger partial charge in [-0.25, -0.2) is 4.40 Å². The molecule has 1 atom stereocenters. The summed E-state index contributed by atoms with van der Waals surface area (Å²) in [6.07, 6.45) is 3.35. The van der Waals surface area contributed by atoms with Crippen LogP contribution in [0.3, 0.4) is 0 Å². The molecule has 0 aliphatic carbocycles. The number of aromatic amines is 1. The van der Waals surface area contributed by atoms with Crippen LogP contribution in [-0.2, 0) is 6.42 Å². The minimum absolute atomic E-state index is 0.00408. The molecule has 0 aromatic carbocycles. The average Bonchev–Trinajstić information content (AvgIpc) is 2.84. The third-order valence-corrected chi connectivity index (χ3v) is 4.03. The van der Waals surface area contributed by atoms with Gasteiger partial charge in [0.1, 0.15) is 11.5 Å². The second kappa shape index (κ2) is 5.17. The summed E-state index contributed by atoms with van der Waals surface area (Å²) in [5, 5.41) is 7.26. The van der Waals surface area contributed by atoms with E-state index < -0.39 is 0 Å². The van der Waals surface area contributed by atoms with E-state index in [1.54, 1.807) is 16.5 Å². The number of likely N-dealkylation sites (tertiary alicyclic amines) is 1. The van der Waals surface area contributed by atoms with Crippen LogP contribution >= 0.6 is 0 Å². The van der Waals surface area contributed by atoms with Gasteiger partial charge in [-0.05, 0) is 37.9 Å². The van der Waals surface area contributed by atoms with Crippen molar-refractivity contribution in [1.29, 1.82) is 0 Å². The SMILES string of the molecule is CCN1CCCC(Cc2n[nH]c3cccc(=O)n23)C1. The molecular formula is C14H20N4O. The second-order valence-corrected chi connectivity index (χ2v) is 5.33. The largest absolute Gasteiger partial charge is 0.303 e. The molecule has 2 aromatic rings. The standard InChI is InChI=1S/C14H20N4O/c1-2-17-8-4-5-11(10-17)9-13-16-15-12-6-3-7-14(19)18(12)13/h3,6-7,11,15H,2,4-5,8-10H2,1H3. The molecule has 0 radical (unpaired) electrons. The van der Waals surface area contributed by atoms with Crippen LogP contribution in [0.2, 0.25) is 0 Å². The van der Waals surface area contributed by atoms with Crippen LogP contribution in [0.15, 0.2) is 23.0 Å². The van der Waals surface area contributed by atoms with Crippen molar-refractivity contribution >= 4 is 5.65 Å². The van der Waals surface area contributed by atoms with Crippen LogP contribution in [0, 0.1) is 5.92 Å². The summed E-state index contributed by atoms with van der Waals surface area (Å²) < 4.78 is 1.70. The molecule has 5 heteroatoms. The number of hydrogen-bond donors (Lipinski definition) is 1. The predicted molar refractivity (Wildman–Crippen MR) is 74.4 cm³/mol. The first-order valence-electron chi connectivity index (χ1n) is 7.05. The topological polar surface area (TPSA) is 53.4 Å². The molecule has 0 saturated carbocycles. The fourth-order valence-electron chi connectivity index (χ4n) is 3.01. The van der Waals surface area contributed by atoms with Crippen LogP contribution in [-0.4, -0.2) is 39.1 Å². The van der Waals surface area contributed by atoms with Gasteiger partial charge >= 0.3 is 0 Å². The Hall–Kier alpha value is -1.62. The lowest BCUT2D eigenvalue weighted by Gasteiger charge is -2.31. The van der Waals surface area contributed by atoms with Crippen LogP contribution in [0.5, 0.6) is 0 Å². The maximum atomic E-state index is 11.9. The zero-order valence-electron chi connectivity index (χ0n) is 11.3. The molecule has 1 saturated heterocycles. The molecule has 1 aliphatic heterocycles. The Labute approximate surface area is 112 Å². The Kier molecular flexibility index (Phi) is 3.38. The van der Waals surface area contributed by atoms with Crippen molar-refractivity contribution in [3.05, 3.63) is 34.4 Å². The minimum atomic E-state index is 0.00408. The third-order valence-electron chi connectivity index (χ3n) is 4.03. The Morgan fingerprint density at radius 1 is 1.47 bits per heavy atom. The lowest BCUT2D eigenvalue weighted by molar-refractivity contribution is 0.180. The zero-order chi connectivity index (χ0) is 13.2. The number of fused-ring (bicyclic) bond motifs is 1. The van der Waals surface area contributed by atoms with Gasteiger partial charge in [0.15, 0.2) is 0 Å². The van der Waals surface area contributed by atoms with E-state index in [-0.39, 0.29) is 5.56 Å².